The molecule has 0 atom stereocenters. The Morgan fingerprint density at radius 3 is 2.62 bits per heavy atom. The minimum Gasteiger partial charge on any atom is -0.275 e. The molecule has 4 heteroatoms. The van der Waals surface area contributed by atoms with Crippen LogP contribution in [0.15, 0.2) is 60.2 Å². The number of nitrogens with zero attached hydrogens (tertiary/aromatic N) is 3. The lowest BCUT2D eigenvalue weighted by atomic mass is 10.1. The second kappa shape index (κ2) is 4.82. The first kappa shape index (κ1) is 12.3. The summed E-state index contributed by atoms with van der Waals surface area (Å²) < 4.78 is 3.01. The SMILES string of the molecule is Cn1cc(-c2ccc3scc(-c4ccccc4)c3n2)cn1. The Balaban J connectivity index is 1.90. The van der Waals surface area contributed by atoms with E-state index in [9.17, 15) is 0 Å². The third-order valence-electron chi connectivity index (χ3n) is 3.50. The third kappa shape index (κ3) is 2.14. The first-order chi connectivity index (χ1) is 10.3. The number of fused-ring (bicyclic) bond motifs is 1. The summed E-state index contributed by atoms with van der Waals surface area (Å²) in [5.41, 5.74) is 5.48. The fourth-order valence-electron chi connectivity index (χ4n) is 2.45. The molecule has 0 N–H and O–H groups in total. The van der Waals surface area contributed by atoms with Gasteiger partial charge >= 0.3 is 0 Å². The molecule has 0 fully saturated rings. The predicted octanol–water partition coefficient (Wildman–Crippen LogP) is 4.36. The number of thiophene rings is 1. The van der Waals surface area contributed by atoms with Crippen LogP contribution >= 0.6 is 11.3 Å². The van der Waals surface area contributed by atoms with Crippen LogP contribution in [-0.4, -0.2) is 14.8 Å². The lowest BCUT2D eigenvalue weighted by Gasteiger charge is -2.01. The molecule has 0 unspecified atom stereocenters. The first-order valence-electron chi connectivity index (χ1n) is 6.74. The van der Waals surface area contributed by atoms with Gasteiger partial charge in [-0.05, 0) is 17.7 Å². The number of aryl methyl sites for hydroxylation is 1. The zero-order valence-electron chi connectivity index (χ0n) is 11.5. The van der Waals surface area contributed by atoms with Gasteiger partial charge in [0, 0.05) is 29.8 Å². The molecule has 0 radical (unpaired) electrons. The minimum absolute atomic E-state index is 0.964. The van der Waals surface area contributed by atoms with Crippen molar-refractivity contribution in [3.05, 3.63) is 60.2 Å². The van der Waals surface area contributed by atoms with E-state index in [-0.39, 0.29) is 0 Å². The van der Waals surface area contributed by atoms with E-state index in [0.29, 0.717) is 0 Å². The van der Waals surface area contributed by atoms with Crippen LogP contribution in [0.3, 0.4) is 0 Å². The maximum absolute atomic E-state index is 4.85. The van der Waals surface area contributed by atoms with Gasteiger partial charge in [0.25, 0.3) is 0 Å². The average molecular weight is 291 g/mol. The summed E-state index contributed by atoms with van der Waals surface area (Å²) in [5, 5.41) is 6.40. The van der Waals surface area contributed by atoms with E-state index < -0.39 is 0 Å². The van der Waals surface area contributed by atoms with Crippen molar-refractivity contribution < 1.29 is 0 Å². The summed E-state index contributed by atoms with van der Waals surface area (Å²) in [5.74, 6) is 0. The van der Waals surface area contributed by atoms with Crippen molar-refractivity contribution in [2.45, 2.75) is 0 Å². The normalized spacial score (nSPS) is 11.1. The summed E-state index contributed by atoms with van der Waals surface area (Å²) in [6.07, 6.45) is 3.84. The highest BCUT2D eigenvalue weighted by Crippen LogP contribution is 2.34. The minimum atomic E-state index is 0.964. The van der Waals surface area contributed by atoms with E-state index in [2.05, 4.69) is 46.9 Å². The van der Waals surface area contributed by atoms with Crippen LogP contribution in [0.1, 0.15) is 0 Å². The smallest absolute Gasteiger partial charge is 0.0895 e. The second-order valence-electron chi connectivity index (χ2n) is 4.96. The molecule has 0 saturated heterocycles. The fraction of sp³-hybridized carbons (Fsp3) is 0.0588. The van der Waals surface area contributed by atoms with Gasteiger partial charge in [0.2, 0.25) is 0 Å². The standard InChI is InChI=1S/C17H13N3S/c1-20-10-13(9-18-20)15-7-8-16-17(19-15)14(11-21-16)12-5-3-2-4-6-12/h2-11H,1H3. The van der Waals surface area contributed by atoms with E-state index in [0.717, 1.165) is 16.8 Å². The molecule has 0 aliphatic carbocycles. The van der Waals surface area contributed by atoms with Crippen LogP contribution in [0.5, 0.6) is 0 Å². The van der Waals surface area contributed by atoms with Gasteiger partial charge in [0.05, 0.1) is 22.1 Å². The van der Waals surface area contributed by atoms with Gasteiger partial charge in [-0.25, -0.2) is 4.98 Å². The summed E-state index contributed by atoms with van der Waals surface area (Å²) in [6, 6.07) is 14.6. The second-order valence-corrected chi connectivity index (χ2v) is 5.87. The van der Waals surface area contributed by atoms with Gasteiger partial charge in [-0.1, -0.05) is 30.3 Å². The largest absolute Gasteiger partial charge is 0.275 e. The van der Waals surface area contributed by atoms with Crippen molar-refractivity contribution in [3.63, 3.8) is 0 Å². The molecule has 4 rings (SSSR count). The number of aromatic nitrogens is 3. The molecule has 0 aliphatic heterocycles. The molecule has 0 spiro atoms. The number of rotatable bonds is 2. The molecule has 0 saturated carbocycles. The summed E-state index contributed by atoms with van der Waals surface area (Å²) in [7, 11) is 1.92. The molecular formula is C17H13N3S. The number of pyridine rings is 1. The maximum Gasteiger partial charge on any atom is 0.0895 e. The first-order valence-corrected chi connectivity index (χ1v) is 7.62. The van der Waals surface area contributed by atoms with E-state index in [4.69, 9.17) is 4.98 Å². The van der Waals surface area contributed by atoms with Gasteiger partial charge in [0.1, 0.15) is 0 Å². The molecule has 3 aromatic heterocycles. The lowest BCUT2D eigenvalue weighted by molar-refractivity contribution is 0.768. The van der Waals surface area contributed by atoms with E-state index in [1.807, 2.05) is 25.5 Å². The van der Waals surface area contributed by atoms with Crippen LogP contribution < -0.4 is 0 Å². The van der Waals surface area contributed by atoms with Crippen molar-refractivity contribution in [2.24, 2.45) is 7.05 Å². The Labute approximate surface area is 126 Å². The van der Waals surface area contributed by atoms with E-state index >= 15 is 0 Å². The molecule has 0 amide bonds. The number of benzene rings is 1. The molecule has 0 aliphatic rings. The molecule has 3 heterocycles. The fourth-order valence-corrected chi connectivity index (χ4v) is 3.36. The summed E-state index contributed by atoms with van der Waals surface area (Å²) in [6.45, 7) is 0. The van der Waals surface area contributed by atoms with Crippen molar-refractivity contribution in [2.75, 3.05) is 0 Å². The van der Waals surface area contributed by atoms with E-state index in [1.165, 1.54) is 15.8 Å². The van der Waals surface area contributed by atoms with Gasteiger partial charge in [-0.3, -0.25) is 4.68 Å². The third-order valence-corrected chi connectivity index (χ3v) is 4.44. The van der Waals surface area contributed by atoms with Crippen LogP contribution in [0.25, 0.3) is 32.6 Å². The highest BCUT2D eigenvalue weighted by molar-refractivity contribution is 7.17. The molecule has 102 valence electrons. The van der Waals surface area contributed by atoms with Crippen LogP contribution in [-0.2, 0) is 7.05 Å². The maximum atomic E-state index is 4.85. The highest BCUT2D eigenvalue weighted by atomic mass is 32.1. The van der Waals surface area contributed by atoms with Crippen LogP contribution in [0, 0.1) is 0 Å². The average Bonchev–Trinajstić information content (AvgIpc) is 3.13. The molecule has 21 heavy (non-hydrogen) atoms. The summed E-state index contributed by atoms with van der Waals surface area (Å²) >= 11 is 1.73. The van der Waals surface area contributed by atoms with Crippen LogP contribution in [0.2, 0.25) is 0 Å². The number of hydrogen-bond donors (Lipinski definition) is 0. The Morgan fingerprint density at radius 1 is 1.00 bits per heavy atom. The van der Waals surface area contributed by atoms with Crippen LogP contribution in [0.4, 0.5) is 0 Å². The van der Waals surface area contributed by atoms with Gasteiger partial charge in [-0.2, -0.15) is 5.10 Å². The van der Waals surface area contributed by atoms with Crippen molar-refractivity contribution in [1.29, 1.82) is 0 Å². The Morgan fingerprint density at radius 2 is 1.86 bits per heavy atom. The number of hydrogen-bond acceptors (Lipinski definition) is 3. The van der Waals surface area contributed by atoms with Gasteiger partial charge < -0.3 is 0 Å². The lowest BCUT2D eigenvalue weighted by Crippen LogP contribution is -1.85. The van der Waals surface area contributed by atoms with Crippen molar-refractivity contribution >= 4 is 21.6 Å². The van der Waals surface area contributed by atoms with Crippen molar-refractivity contribution in [1.82, 2.24) is 14.8 Å². The summed E-state index contributed by atoms with van der Waals surface area (Å²) in [4.78, 5) is 4.85. The molecule has 1 aromatic carbocycles. The molecule has 3 nitrogen and oxygen atoms in total. The quantitative estimate of drug-likeness (QED) is 0.549. The monoisotopic (exact) mass is 291 g/mol. The highest BCUT2D eigenvalue weighted by Gasteiger charge is 2.10. The zero-order chi connectivity index (χ0) is 14.2. The van der Waals surface area contributed by atoms with Gasteiger partial charge in [-0.15, -0.1) is 11.3 Å². The molecular weight excluding hydrogens is 278 g/mol. The van der Waals surface area contributed by atoms with Gasteiger partial charge in [0.15, 0.2) is 0 Å². The predicted molar refractivity (Wildman–Crippen MR) is 87.3 cm³/mol. The topological polar surface area (TPSA) is 30.7 Å². The Bertz CT molecular complexity index is 906. The molecule has 0 bridgehead atoms. The Hall–Kier alpha value is -2.46. The Kier molecular flexibility index (Phi) is 2.82. The van der Waals surface area contributed by atoms with E-state index in [1.54, 1.807) is 16.0 Å². The van der Waals surface area contributed by atoms with Crippen molar-refractivity contribution in [3.8, 4) is 22.4 Å². The zero-order valence-corrected chi connectivity index (χ0v) is 12.3. The molecule has 4 aromatic rings.